The fourth-order valence-corrected chi connectivity index (χ4v) is 1.89. The number of rotatable bonds is 7. The lowest BCUT2D eigenvalue weighted by molar-refractivity contribution is -0.148. The maximum atomic E-state index is 12.2. The topological polar surface area (TPSA) is 104 Å². The zero-order valence-corrected chi connectivity index (χ0v) is 11.4. The summed E-state index contributed by atoms with van der Waals surface area (Å²) in [6.07, 6.45) is -3.72. The van der Waals surface area contributed by atoms with Crippen LogP contribution in [0.4, 0.5) is 18.0 Å². The molecule has 0 radical (unpaired) electrons. The molecule has 0 rings (SSSR count). The number of aliphatic carboxylic acids is 1. The van der Waals surface area contributed by atoms with Gasteiger partial charge in [-0.3, -0.25) is 4.79 Å². The highest BCUT2D eigenvalue weighted by molar-refractivity contribution is 7.90. The summed E-state index contributed by atoms with van der Waals surface area (Å²) >= 11 is 0. The molecule has 0 spiro atoms. The molecule has 118 valence electrons. The van der Waals surface area contributed by atoms with Crippen molar-refractivity contribution in [2.75, 3.05) is 31.6 Å². The molecular formula is C9H15F3N2O5S. The van der Waals surface area contributed by atoms with Gasteiger partial charge in [0.05, 0.1) is 5.75 Å². The van der Waals surface area contributed by atoms with E-state index in [9.17, 15) is 31.2 Å². The van der Waals surface area contributed by atoms with Crippen molar-refractivity contribution in [3.05, 3.63) is 0 Å². The van der Waals surface area contributed by atoms with E-state index in [4.69, 9.17) is 5.11 Å². The molecule has 0 saturated heterocycles. The molecule has 0 heterocycles. The Bertz CT molecular complexity index is 449. The van der Waals surface area contributed by atoms with E-state index in [1.165, 1.54) is 0 Å². The number of urea groups is 1. The minimum atomic E-state index is -4.72. The van der Waals surface area contributed by atoms with Crippen molar-refractivity contribution in [3.8, 4) is 0 Å². The minimum Gasteiger partial charge on any atom is -0.480 e. The van der Waals surface area contributed by atoms with E-state index in [0.29, 0.717) is 0 Å². The van der Waals surface area contributed by atoms with E-state index < -0.39 is 41.1 Å². The van der Waals surface area contributed by atoms with Crippen molar-refractivity contribution in [3.63, 3.8) is 0 Å². The second kappa shape index (κ2) is 7.31. The highest BCUT2D eigenvalue weighted by atomic mass is 32.2. The Hall–Kier alpha value is -1.52. The summed E-state index contributed by atoms with van der Waals surface area (Å²) in [6, 6.07) is -1.21. The van der Waals surface area contributed by atoms with E-state index >= 15 is 0 Å². The van der Waals surface area contributed by atoms with Crippen LogP contribution in [0.15, 0.2) is 0 Å². The molecular weight excluding hydrogens is 305 g/mol. The molecule has 0 aromatic heterocycles. The van der Waals surface area contributed by atoms with Crippen LogP contribution in [0.3, 0.4) is 0 Å². The molecule has 0 aliphatic rings. The smallest absolute Gasteiger partial charge is 0.406 e. The van der Waals surface area contributed by atoms with Gasteiger partial charge in [-0.05, 0) is 6.42 Å². The van der Waals surface area contributed by atoms with Crippen LogP contribution >= 0.6 is 0 Å². The van der Waals surface area contributed by atoms with Crippen LogP contribution in [-0.2, 0) is 14.6 Å². The van der Waals surface area contributed by atoms with E-state index in [0.717, 1.165) is 6.26 Å². The van der Waals surface area contributed by atoms with Gasteiger partial charge in [0, 0.05) is 12.8 Å². The fraction of sp³-hybridized carbons (Fsp3) is 0.778. The summed E-state index contributed by atoms with van der Waals surface area (Å²) in [5, 5.41) is 10.5. The number of carbonyl (C=O) groups is 2. The second-order valence-corrected chi connectivity index (χ2v) is 6.34. The molecule has 0 saturated carbocycles. The zero-order chi connectivity index (χ0) is 16.0. The van der Waals surface area contributed by atoms with Crippen molar-refractivity contribution in [1.29, 1.82) is 0 Å². The average molecular weight is 320 g/mol. The fourth-order valence-electron chi connectivity index (χ4n) is 1.22. The van der Waals surface area contributed by atoms with E-state index in [1.54, 1.807) is 0 Å². The number of alkyl halides is 3. The predicted molar refractivity (Wildman–Crippen MR) is 63.0 cm³/mol. The Morgan fingerprint density at radius 1 is 1.30 bits per heavy atom. The number of nitrogens with zero attached hydrogens (tertiary/aromatic N) is 1. The summed E-state index contributed by atoms with van der Waals surface area (Å²) in [4.78, 5) is 21.9. The van der Waals surface area contributed by atoms with Crippen LogP contribution in [0, 0.1) is 0 Å². The molecule has 0 fully saturated rings. The lowest BCUT2D eigenvalue weighted by Crippen LogP contribution is -2.47. The van der Waals surface area contributed by atoms with E-state index in [2.05, 4.69) is 0 Å². The summed E-state index contributed by atoms with van der Waals surface area (Å²) in [5.74, 6) is -1.81. The van der Waals surface area contributed by atoms with Gasteiger partial charge in [0.2, 0.25) is 0 Å². The highest BCUT2D eigenvalue weighted by Gasteiger charge is 2.33. The number of sulfone groups is 1. The summed E-state index contributed by atoms with van der Waals surface area (Å²) in [6.45, 7) is -2.96. The molecule has 2 N–H and O–H groups in total. The summed E-state index contributed by atoms with van der Waals surface area (Å²) in [5.41, 5.74) is 0. The van der Waals surface area contributed by atoms with Gasteiger partial charge in [-0.25, -0.2) is 13.2 Å². The zero-order valence-electron chi connectivity index (χ0n) is 10.6. The van der Waals surface area contributed by atoms with Crippen LogP contribution in [0.25, 0.3) is 0 Å². The largest absolute Gasteiger partial charge is 0.480 e. The lowest BCUT2D eigenvalue weighted by Gasteiger charge is -2.22. The van der Waals surface area contributed by atoms with Gasteiger partial charge >= 0.3 is 18.2 Å². The SMILES string of the molecule is CS(=O)(=O)CCCNC(=O)N(CC(=O)O)CC(F)(F)F. The normalized spacial score (nSPS) is 12.0. The molecule has 20 heavy (non-hydrogen) atoms. The van der Waals surface area contributed by atoms with Crippen molar-refractivity contribution >= 4 is 21.8 Å². The highest BCUT2D eigenvalue weighted by Crippen LogP contribution is 2.16. The Kier molecular flexibility index (Phi) is 6.76. The molecule has 0 aromatic rings. The van der Waals surface area contributed by atoms with Crippen molar-refractivity contribution in [2.45, 2.75) is 12.6 Å². The average Bonchev–Trinajstić information content (AvgIpc) is 2.19. The van der Waals surface area contributed by atoms with Gasteiger partial charge in [0.25, 0.3) is 0 Å². The third-order valence-corrected chi connectivity index (χ3v) is 2.98. The maximum absolute atomic E-state index is 12.2. The first-order chi connectivity index (χ1) is 8.91. The van der Waals surface area contributed by atoms with E-state index in [1.807, 2.05) is 5.32 Å². The Balaban J connectivity index is 4.37. The number of carboxylic acid groups (broad SMARTS) is 1. The van der Waals surface area contributed by atoms with Crippen molar-refractivity contribution < 1.29 is 36.3 Å². The van der Waals surface area contributed by atoms with Gasteiger partial charge in [0.15, 0.2) is 0 Å². The van der Waals surface area contributed by atoms with Crippen LogP contribution in [0.5, 0.6) is 0 Å². The maximum Gasteiger partial charge on any atom is 0.406 e. The van der Waals surface area contributed by atoms with Gasteiger partial charge in [-0.1, -0.05) is 0 Å². The van der Waals surface area contributed by atoms with E-state index in [-0.39, 0.29) is 23.6 Å². The first-order valence-corrected chi connectivity index (χ1v) is 7.46. The molecule has 0 bridgehead atoms. The van der Waals surface area contributed by atoms with Crippen LogP contribution in [0.1, 0.15) is 6.42 Å². The van der Waals surface area contributed by atoms with Crippen molar-refractivity contribution in [2.24, 2.45) is 0 Å². The first kappa shape index (κ1) is 18.5. The molecule has 11 heteroatoms. The van der Waals surface area contributed by atoms with Gasteiger partial charge in [-0.15, -0.1) is 0 Å². The quantitative estimate of drug-likeness (QED) is 0.647. The molecule has 0 unspecified atom stereocenters. The third-order valence-electron chi connectivity index (χ3n) is 1.95. The number of carbonyl (C=O) groups excluding carboxylic acids is 1. The number of carboxylic acids is 1. The molecule has 0 aliphatic heterocycles. The number of hydrogen-bond acceptors (Lipinski definition) is 4. The standard InChI is InChI=1S/C9H15F3N2O5S/c1-20(18,19)4-2-3-13-8(17)14(5-7(15)16)6-9(10,11)12/h2-6H2,1H3,(H,13,17)(H,15,16). The van der Waals surface area contributed by atoms with Crippen LogP contribution in [-0.4, -0.2) is 68.2 Å². The monoisotopic (exact) mass is 320 g/mol. The molecule has 0 aliphatic carbocycles. The number of halogens is 3. The third kappa shape index (κ3) is 10.4. The predicted octanol–water partition coefficient (Wildman–Crippen LogP) is 0.0796. The number of amides is 2. The number of hydrogen-bond donors (Lipinski definition) is 2. The van der Waals surface area contributed by atoms with Gasteiger partial charge in [0.1, 0.15) is 22.9 Å². The Labute approximate surface area is 113 Å². The van der Waals surface area contributed by atoms with Crippen LogP contribution in [0.2, 0.25) is 0 Å². The first-order valence-electron chi connectivity index (χ1n) is 5.40. The van der Waals surface area contributed by atoms with Gasteiger partial charge in [-0.2, -0.15) is 13.2 Å². The number of nitrogens with one attached hydrogen (secondary N) is 1. The Morgan fingerprint density at radius 2 is 1.85 bits per heavy atom. The molecule has 0 atom stereocenters. The van der Waals surface area contributed by atoms with Crippen LogP contribution < -0.4 is 5.32 Å². The summed E-state index contributed by atoms with van der Waals surface area (Å²) in [7, 11) is -3.23. The second-order valence-electron chi connectivity index (χ2n) is 4.08. The minimum absolute atomic E-state index is 0.0253. The van der Waals surface area contributed by atoms with Crippen molar-refractivity contribution in [1.82, 2.24) is 10.2 Å². The molecule has 0 aromatic carbocycles. The lowest BCUT2D eigenvalue weighted by atomic mass is 10.4. The Morgan fingerprint density at radius 3 is 2.25 bits per heavy atom. The molecule has 2 amide bonds. The molecule has 7 nitrogen and oxygen atoms in total. The van der Waals surface area contributed by atoms with Gasteiger partial charge < -0.3 is 15.3 Å². The summed E-state index contributed by atoms with van der Waals surface area (Å²) < 4.78 is 58.1.